The maximum Gasteiger partial charge on any atom is 0.264 e. The number of amides is 2. The number of hydrogen-bond acceptors (Lipinski definition) is 6. The van der Waals surface area contributed by atoms with E-state index in [1.807, 2.05) is 20.0 Å². The second kappa shape index (κ2) is 7.75. The third kappa shape index (κ3) is 4.12. The molecule has 0 unspecified atom stereocenters. The van der Waals surface area contributed by atoms with E-state index in [0.29, 0.717) is 30.3 Å². The van der Waals surface area contributed by atoms with Crippen molar-refractivity contribution in [3.63, 3.8) is 0 Å². The van der Waals surface area contributed by atoms with Gasteiger partial charge in [-0.05, 0) is 24.1 Å². The quantitative estimate of drug-likeness (QED) is 0.485. The number of carbonyl (C=O) groups excluding carboxylic acids is 2. The first-order chi connectivity index (χ1) is 11.8. The first kappa shape index (κ1) is 18.4. The van der Waals surface area contributed by atoms with Gasteiger partial charge in [-0.3, -0.25) is 9.59 Å². The Labute approximate surface area is 146 Å². The zero-order chi connectivity index (χ0) is 18.6. The fourth-order valence-electron chi connectivity index (χ4n) is 2.34. The fraction of sp³-hybridized carbons (Fsp3) is 0.471. The molecule has 0 aromatic heterocycles. The van der Waals surface area contributed by atoms with Crippen LogP contribution in [0.5, 0.6) is 11.5 Å². The highest BCUT2D eigenvalue weighted by Gasteiger charge is 2.29. The molecule has 0 saturated carbocycles. The van der Waals surface area contributed by atoms with E-state index in [-0.39, 0.29) is 11.8 Å². The van der Waals surface area contributed by atoms with Gasteiger partial charge in [0.2, 0.25) is 0 Å². The largest absolute Gasteiger partial charge is 0.486 e. The van der Waals surface area contributed by atoms with Crippen LogP contribution in [0, 0.1) is 17.4 Å². The van der Waals surface area contributed by atoms with E-state index in [1.54, 1.807) is 18.2 Å². The molecule has 0 saturated heterocycles. The Morgan fingerprint density at radius 1 is 1.20 bits per heavy atom. The van der Waals surface area contributed by atoms with Crippen LogP contribution in [0.4, 0.5) is 0 Å². The molecular formula is C17H22N4O4. The minimum absolute atomic E-state index is 0.150. The van der Waals surface area contributed by atoms with E-state index in [9.17, 15) is 9.59 Å². The third-order valence-electron chi connectivity index (χ3n) is 3.94. The average molecular weight is 346 g/mol. The fourth-order valence-corrected chi connectivity index (χ4v) is 2.34. The van der Waals surface area contributed by atoms with Crippen LogP contribution < -0.4 is 14.8 Å². The first-order valence-corrected chi connectivity index (χ1v) is 7.96. The standard InChI is InChI=1S/C17H22N4O4/c1-11(2)15(17(23)21(4)20(3)10-18)19-16(22)12-5-6-13-14(9-12)25-8-7-24-13/h5-6,9,11,15H,7-8H2,1-4H3,(H,19,22)/t15-/m0/s1. The zero-order valence-electron chi connectivity index (χ0n) is 14.8. The highest BCUT2D eigenvalue weighted by atomic mass is 16.6. The summed E-state index contributed by atoms with van der Waals surface area (Å²) in [6.45, 7) is 4.55. The molecule has 0 fully saturated rings. The van der Waals surface area contributed by atoms with E-state index in [2.05, 4.69) is 5.32 Å². The molecule has 1 aliphatic rings. The van der Waals surface area contributed by atoms with Crippen molar-refractivity contribution >= 4 is 11.8 Å². The molecule has 1 aliphatic heterocycles. The summed E-state index contributed by atoms with van der Waals surface area (Å²) in [7, 11) is 2.95. The highest BCUT2D eigenvalue weighted by molar-refractivity contribution is 5.98. The van der Waals surface area contributed by atoms with Gasteiger partial charge in [0.05, 0.1) is 0 Å². The van der Waals surface area contributed by atoms with Crippen molar-refractivity contribution in [3.05, 3.63) is 23.8 Å². The lowest BCUT2D eigenvalue weighted by molar-refractivity contribution is -0.142. The van der Waals surface area contributed by atoms with E-state index < -0.39 is 11.9 Å². The maximum absolute atomic E-state index is 12.6. The van der Waals surface area contributed by atoms with Crippen molar-refractivity contribution < 1.29 is 19.1 Å². The molecule has 1 aromatic carbocycles. The number of nitrogens with one attached hydrogen (secondary N) is 1. The smallest absolute Gasteiger partial charge is 0.264 e. The van der Waals surface area contributed by atoms with Crippen LogP contribution in [0.25, 0.3) is 0 Å². The minimum Gasteiger partial charge on any atom is -0.486 e. The Bertz CT molecular complexity index is 698. The summed E-state index contributed by atoms with van der Waals surface area (Å²) >= 11 is 0. The summed E-state index contributed by atoms with van der Waals surface area (Å²) in [6, 6.07) is 4.12. The van der Waals surface area contributed by atoms with Crippen molar-refractivity contribution in [3.8, 4) is 17.7 Å². The van der Waals surface area contributed by atoms with Gasteiger partial charge in [0.1, 0.15) is 19.3 Å². The van der Waals surface area contributed by atoms with Gasteiger partial charge in [-0.25, -0.2) is 10.0 Å². The van der Waals surface area contributed by atoms with Crippen molar-refractivity contribution in [2.24, 2.45) is 5.92 Å². The SMILES string of the molecule is CC(C)[C@H](NC(=O)c1ccc2c(c1)OCCO2)C(=O)N(C)N(C)C#N. The second-order valence-corrected chi connectivity index (χ2v) is 6.04. The van der Waals surface area contributed by atoms with E-state index in [4.69, 9.17) is 14.7 Å². The lowest BCUT2D eigenvalue weighted by Gasteiger charge is -2.29. The summed E-state index contributed by atoms with van der Waals surface area (Å²) in [5.41, 5.74) is 0.374. The Morgan fingerprint density at radius 3 is 2.44 bits per heavy atom. The monoisotopic (exact) mass is 346 g/mol. The van der Waals surface area contributed by atoms with E-state index in [0.717, 1.165) is 5.01 Å². The molecule has 1 aromatic rings. The molecule has 134 valence electrons. The Balaban J connectivity index is 2.15. The molecule has 2 amide bonds. The number of carbonyl (C=O) groups is 2. The second-order valence-electron chi connectivity index (χ2n) is 6.04. The van der Waals surface area contributed by atoms with Gasteiger partial charge in [-0.15, -0.1) is 0 Å². The molecule has 25 heavy (non-hydrogen) atoms. The number of nitrogens with zero attached hydrogens (tertiary/aromatic N) is 3. The molecule has 2 rings (SSSR count). The number of benzene rings is 1. The number of nitriles is 1. The van der Waals surface area contributed by atoms with Crippen LogP contribution in [0.2, 0.25) is 0 Å². The van der Waals surface area contributed by atoms with Crippen LogP contribution in [0.3, 0.4) is 0 Å². The van der Waals surface area contributed by atoms with Crippen molar-refractivity contribution in [2.75, 3.05) is 27.3 Å². The summed E-state index contributed by atoms with van der Waals surface area (Å²) in [5.74, 6) is 0.188. The molecule has 1 atom stereocenters. The lowest BCUT2D eigenvalue weighted by Crippen LogP contribution is -2.53. The number of ether oxygens (including phenoxy) is 2. The van der Waals surface area contributed by atoms with Crippen LogP contribution >= 0.6 is 0 Å². The van der Waals surface area contributed by atoms with Crippen molar-refractivity contribution in [2.45, 2.75) is 19.9 Å². The molecule has 0 spiro atoms. The number of hydrogen-bond donors (Lipinski definition) is 1. The van der Waals surface area contributed by atoms with Crippen LogP contribution in [-0.2, 0) is 4.79 Å². The maximum atomic E-state index is 12.6. The molecular weight excluding hydrogens is 324 g/mol. The van der Waals surface area contributed by atoms with Gasteiger partial charge in [-0.2, -0.15) is 5.26 Å². The summed E-state index contributed by atoms with van der Waals surface area (Å²) in [6.07, 6.45) is 1.85. The normalized spacial score (nSPS) is 13.6. The van der Waals surface area contributed by atoms with Crippen LogP contribution in [0.1, 0.15) is 24.2 Å². The molecule has 1 N–H and O–H groups in total. The summed E-state index contributed by atoms with van der Waals surface area (Å²) in [5, 5.41) is 13.9. The van der Waals surface area contributed by atoms with Crippen molar-refractivity contribution in [1.82, 2.24) is 15.3 Å². The average Bonchev–Trinajstić information content (AvgIpc) is 2.63. The molecule has 8 nitrogen and oxygen atoms in total. The van der Waals surface area contributed by atoms with Crippen LogP contribution in [-0.4, -0.2) is 55.2 Å². The molecule has 0 radical (unpaired) electrons. The predicted molar refractivity (Wildman–Crippen MR) is 89.7 cm³/mol. The lowest BCUT2D eigenvalue weighted by atomic mass is 10.0. The first-order valence-electron chi connectivity index (χ1n) is 7.96. The Kier molecular flexibility index (Phi) is 5.70. The van der Waals surface area contributed by atoms with Gasteiger partial charge in [0.25, 0.3) is 11.8 Å². The molecule has 0 bridgehead atoms. The molecule has 1 heterocycles. The van der Waals surface area contributed by atoms with Gasteiger partial charge < -0.3 is 14.8 Å². The van der Waals surface area contributed by atoms with Gasteiger partial charge in [0, 0.05) is 19.7 Å². The summed E-state index contributed by atoms with van der Waals surface area (Å²) < 4.78 is 10.9. The van der Waals surface area contributed by atoms with Gasteiger partial charge >= 0.3 is 0 Å². The summed E-state index contributed by atoms with van der Waals surface area (Å²) in [4.78, 5) is 25.1. The molecule has 8 heteroatoms. The number of rotatable bonds is 5. The number of fused-ring (bicyclic) bond motifs is 1. The Hall–Kier alpha value is -2.95. The minimum atomic E-state index is -0.762. The van der Waals surface area contributed by atoms with Crippen LogP contribution in [0.15, 0.2) is 18.2 Å². The van der Waals surface area contributed by atoms with E-state index in [1.165, 1.54) is 19.1 Å². The van der Waals surface area contributed by atoms with Gasteiger partial charge in [-0.1, -0.05) is 13.8 Å². The number of hydrazine groups is 1. The van der Waals surface area contributed by atoms with E-state index >= 15 is 0 Å². The highest BCUT2D eigenvalue weighted by Crippen LogP contribution is 2.30. The number of likely N-dealkylation sites (N-methyl/N-ethyl adjacent to an activating group) is 1. The third-order valence-corrected chi connectivity index (χ3v) is 3.94. The topological polar surface area (TPSA) is 94.9 Å². The van der Waals surface area contributed by atoms with Crippen molar-refractivity contribution in [1.29, 1.82) is 5.26 Å². The predicted octanol–water partition coefficient (Wildman–Crippen LogP) is 0.998. The zero-order valence-corrected chi connectivity index (χ0v) is 14.8. The molecule has 0 aliphatic carbocycles. The Morgan fingerprint density at radius 2 is 1.84 bits per heavy atom. The van der Waals surface area contributed by atoms with Gasteiger partial charge in [0.15, 0.2) is 17.7 Å².